The number of hydrogen-bond donors (Lipinski definition) is 1. The lowest BCUT2D eigenvalue weighted by Gasteiger charge is -2.30. The summed E-state index contributed by atoms with van der Waals surface area (Å²) < 4.78 is 13.5. The molecule has 2 saturated carbocycles. The van der Waals surface area contributed by atoms with Crippen LogP contribution in [0.1, 0.15) is 38.2 Å². The summed E-state index contributed by atoms with van der Waals surface area (Å²) in [7, 11) is 2.16. The van der Waals surface area contributed by atoms with Crippen LogP contribution in [0.5, 0.6) is 0 Å². The molecule has 0 aromatic heterocycles. The van der Waals surface area contributed by atoms with E-state index >= 15 is 0 Å². The fourth-order valence-electron chi connectivity index (χ4n) is 4.38. The molecular weight excluding hydrogens is 263 g/mol. The minimum absolute atomic E-state index is 0.139. The van der Waals surface area contributed by atoms with Gasteiger partial charge >= 0.3 is 0 Å². The number of rotatable bonds is 6. The lowest BCUT2D eigenvalue weighted by molar-refractivity contribution is 0.337. The molecule has 0 amide bonds. The second-order valence-electron chi connectivity index (χ2n) is 6.87. The molecule has 2 aliphatic rings. The zero-order valence-electron chi connectivity index (χ0n) is 13.2. The molecule has 1 aromatic rings. The maximum Gasteiger partial charge on any atom is 0.123 e. The van der Waals surface area contributed by atoms with Crippen LogP contribution >= 0.6 is 0 Å². The summed E-state index contributed by atoms with van der Waals surface area (Å²) in [6, 6.07) is 5.20. The average Bonchev–Trinajstić information content (AvgIpc) is 3.07. The second kappa shape index (κ2) is 6.35. The molecule has 3 rings (SSSR count). The minimum Gasteiger partial charge on any atom is -0.374 e. The van der Waals surface area contributed by atoms with Crippen molar-refractivity contribution < 1.29 is 4.39 Å². The molecule has 2 fully saturated rings. The Morgan fingerprint density at radius 2 is 2.14 bits per heavy atom. The van der Waals surface area contributed by atoms with E-state index in [4.69, 9.17) is 0 Å². The number of nitrogens with one attached hydrogen (secondary N) is 1. The molecule has 0 saturated heterocycles. The van der Waals surface area contributed by atoms with E-state index in [0.717, 1.165) is 43.0 Å². The van der Waals surface area contributed by atoms with Crippen molar-refractivity contribution in [1.29, 1.82) is 0 Å². The number of benzene rings is 1. The quantitative estimate of drug-likeness (QED) is 0.857. The molecule has 116 valence electrons. The van der Waals surface area contributed by atoms with E-state index in [9.17, 15) is 4.39 Å². The highest BCUT2D eigenvalue weighted by Gasteiger charge is 2.39. The Kier molecular flexibility index (Phi) is 4.48. The summed E-state index contributed by atoms with van der Waals surface area (Å²) in [5.74, 6) is 2.63. The van der Waals surface area contributed by atoms with Gasteiger partial charge in [-0.2, -0.15) is 0 Å². The van der Waals surface area contributed by atoms with Crippen LogP contribution in [0.15, 0.2) is 18.2 Å². The summed E-state index contributed by atoms with van der Waals surface area (Å²) in [6.45, 7) is 4.85. The Morgan fingerprint density at radius 1 is 1.29 bits per heavy atom. The topological polar surface area (TPSA) is 15.3 Å². The molecular formula is C18H27FN2. The van der Waals surface area contributed by atoms with Gasteiger partial charge in [-0.1, -0.05) is 13.3 Å². The molecule has 0 radical (unpaired) electrons. The first-order valence-corrected chi connectivity index (χ1v) is 8.37. The van der Waals surface area contributed by atoms with Crippen LogP contribution in [0.25, 0.3) is 0 Å². The van der Waals surface area contributed by atoms with Crippen molar-refractivity contribution in [1.82, 2.24) is 5.32 Å². The number of halogens is 1. The van der Waals surface area contributed by atoms with Gasteiger partial charge in [0, 0.05) is 25.8 Å². The molecule has 2 aliphatic carbocycles. The average molecular weight is 290 g/mol. The van der Waals surface area contributed by atoms with E-state index < -0.39 is 0 Å². The molecule has 0 heterocycles. The predicted molar refractivity (Wildman–Crippen MR) is 86.0 cm³/mol. The highest BCUT2D eigenvalue weighted by molar-refractivity contribution is 5.53. The monoisotopic (exact) mass is 290 g/mol. The fourth-order valence-corrected chi connectivity index (χ4v) is 4.38. The molecule has 3 unspecified atom stereocenters. The number of nitrogens with zero attached hydrogens (tertiary/aromatic N) is 1. The van der Waals surface area contributed by atoms with Gasteiger partial charge in [-0.25, -0.2) is 4.39 Å². The number of fused-ring (bicyclic) bond motifs is 2. The molecule has 3 atom stereocenters. The first-order chi connectivity index (χ1) is 10.2. The van der Waals surface area contributed by atoms with Gasteiger partial charge in [0.15, 0.2) is 0 Å². The summed E-state index contributed by atoms with van der Waals surface area (Å²) in [6.07, 6.45) is 5.73. The lowest BCUT2D eigenvalue weighted by atomic mass is 9.88. The third kappa shape index (κ3) is 3.23. The molecule has 1 N–H and O–H groups in total. The van der Waals surface area contributed by atoms with Gasteiger partial charge in [-0.15, -0.1) is 0 Å². The Labute approximate surface area is 127 Å². The third-order valence-corrected chi connectivity index (χ3v) is 5.41. The largest absolute Gasteiger partial charge is 0.374 e. The van der Waals surface area contributed by atoms with Crippen molar-refractivity contribution in [2.75, 3.05) is 25.0 Å². The highest BCUT2D eigenvalue weighted by Crippen LogP contribution is 2.48. The van der Waals surface area contributed by atoms with E-state index in [2.05, 4.69) is 24.2 Å². The van der Waals surface area contributed by atoms with Crippen LogP contribution in [0.2, 0.25) is 0 Å². The second-order valence-corrected chi connectivity index (χ2v) is 6.87. The minimum atomic E-state index is -0.139. The number of hydrogen-bond acceptors (Lipinski definition) is 2. The van der Waals surface area contributed by atoms with E-state index in [1.165, 1.54) is 31.4 Å². The van der Waals surface area contributed by atoms with Crippen LogP contribution in [0.4, 0.5) is 10.1 Å². The molecule has 0 spiro atoms. The van der Waals surface area contributed by atoms with Crippen LogP contribution in [0, 0.1) is 23.6 Å². The van der Waals surface area contributed by atoms with E-state index in [0.29, 0.717) is 0 Å². The zero-order valence-corrected chi connectivity index (χ0v) is 13.2. The fraction of sp³-hybridized carbons (Fsp3) is 0.667. The Balaban J connectivity index is 1.69. The SMILES string of the molecule is CCNCc1cc(F)ccc1N(C)CC1CC2CCC1C2. The van der Waals surface area contributed by atoms with Crippen LogP contribution in [-0.4, -0.2) is 20.1 Å². The first kappa shape index (κ1) is 14.8. The summed E-state index contributed by atoms with van der Waals surface area (Å²) in [4.78, 5) is 2.34. The zero-order chi connectivity index (χ0) is 14.8. The van der Waals surface area contributed by atoms with E-state index in [1.807, 2.05) is 6.07 Å². The Bertz CT molecular complexity index is 488. The van der Waals surface area contributed by atoms with E-state index in [-0.39, 0.29) is 5.82 Å². The molecule has 0 aliphatic heterocycles. The molecule has 1 aromatic carbocycles. The lowest BCUT2D eigenvalue weighted by Crippen LogP contribution is -2.29. The maximum atomic E-state index is 13.5. The number of anilines is 1. The summed E-state index contributed by atoms with van der Waals surface area (Å²) >= 11 is 0. The molecule has 2 bridgehead atoms. The smallest absolute Gasteiger partial charge is 0.123 e. The van der Waals surface area contributed by atoms with Crippen molar-refractivity contribution in [2.24, 2.45) is 17.8 Å². The standard InChI is InChI=1S/C18H27FN2/c1-3-20-11-15-10-17(19)6-7-18(15)21(2)12-16-9-13-4-5-14(16)8-13/h6-7,10,13-14,16,20H,3-5,8-9,11-12H2,1-2H3. The van der Waals surface area contributed by atoms with Crippen molar-refractivity contribution in [3.63, 3.8) is 0 Å². The van der Waals surface area contributed by atoms with Crippen LogP contribution in [0.3, 0.4) is 0 Å². The molecule has 21 heavy (non-hydrogen) atoms. The van der Waals surface area contributed by atoms with Crippen LogP contribution in [-0.2, 0) is 6.54 Å². The van der Waals surface area contributed by atoms with Gasteiger partial charge in [-0.05, 0) is 67.3 Å². The third-order valence-electron chi connectivity index (χ3n) is 5.41. The van der Waals surface area contributed by atoms with E-state index in [1.54, 1.807) is 12.1 Å². The first-order valence-electron chi connectivity index (χ1n) is 8.37. The van der Waals surface area contributed by atoms with Crippen LogP contribution < -0.4 is 10.2 Å². The highest BCUT2D eigenvalue weighted by atomic mass is 19.1. The summed E-state index contributed by atoms with van der Waals surface area (Å²) in [5.41, 5.74) is 2.25. The van der Waals surface area contributed by atoms with Crippen molar-refractivity contribution in [3.05, 3.63) is 29.6 Å². The maximum absolute atomic E-state index is 13.5. The van der Waals surface area contributed by atoms with Gasteiger partial charge in [0.2, 0.25) is 0 Å². The van der Waals surface area contributed by atoms with Gasteiger partial charge in [0.25, 0.3) is 0 Å². The Morgan fingerprint density at radius 3 is 2.81 bits per heavy atom. The van der Waals surface area contributed by atoms with Gasteiger partial charge in [0.05, 0.1) is 0 Å². The molecule has 2 nitrogen and oxygen atoms in total. The Hall–Kier alpha value is -1.09. The predicted octanol–water partition coefficient (Wildman–Crippen LogP) is 3.81. The summed E-state index contributed by atoms with van der Waals surface area (Å²) in [5, 5.41) is 3.31. The van der Waals surface area contributed by atoms with Gasteiger partial charge < -0.3 is 10.2 Å². The normalized spacial score (nSPS) is 27.3. The van der Waals surface area contributed by atoms with Crippen molar-refractivity contribution in [3.8, 4) is 0 Å². The van der Waals surface area contributed by atoms with Gasteiger partial charge in [-0.3, -0.25) is 0 Å². The van der Waals surface area contributed by atoms with Crippen molar-refractivity contribution >= 4 is 5.69 Å². The molecule has 3 heteroatoms. The van der Waals surface area contributed by atoms with Gasteiger partial charge in [0.1, 0.15) is 5.82 Å². The van der Waals surface area contributed by atoms with Crippen molar-refractivity contribution in [2.45, 2.75) is 39.2 Å².